The third kappa shape index (κ3) is 2.39. The van der Waals surface area contributed by atoms with Gasteiger partial charge in [0.25, 0.3) is 0 Å². The maximum absolute atomic E-state index is 4.24. The molecule has 0 atom stereocenters. The SMILES string of the molecule is Cc1cc(-n2cccn2)ccc1CNC1CC1. The van der Waals surface area contributed by atoms with E-state index in [-0.39, 0.29) is 0 Å². The maximum atomic E-state index is 4.24. The lowest BCUT2D eigenvalue weighted by molar-refractivity contribution is 0.685. The van der Waals surface area contributed by atoms with Crippen molar-refractivity contribution >= 4 is 0 Å². The Balaban J connectivity index is 1.78. The van der Waals surface area contributed by atoms with Gasteiger partial charge >= 0.3 is 0 Å². The standard InChI is InChI=1S/C14H17N3/c1-11-9-14(17-8-2-7-16-17)6-3-12(11)10-15-13-4-5-13/h2-3,6-9,13,15H,4-5,10H2,1H3. The van der Waals surface area contributed by atoms with Crippen LogP contribution in [0.3, 0.4) is 0 Å². The van der Waals surface area contributed by atoms with Crippen molar-refractivity contribution in [1.82, 2.24) is 15.1 Å². The first-order valence-corrected chi connectivity index (χ1v) is 6.16. The lowest BCUT2D eigenvalue weighted by Gasteiger charge is -2.09. The molecule has 0 spiro atoms. The van der Waals surface area contributed by atoms with Gasteiger partial charge in [-0.15, -0.1) is 0 Å². The van der Waals surface area contributed by atoms with Gasteiger partial charge in [-0.2, -0.15) is 5.10 Å². The van der Waals surface area contributed by atoms with Gasteiger partial charge in [-0.1, -0.05) is 6.07 Å². The maximum Gasteiger partial charge on any atom is 0.0648 e. The van der Waals surface area contributed by atoms with Crippen molar-refractivity contribution in [2.24, 2.45) is 0 Å². The molecule has 1 fully saturated rings. The number of nitrogens with zero attached hydrogens (tertiary/aromatic N) is 2. The van der Waals surface area contributed by atoms with Crippen LogP contribution in [0.2, 0.25) is 0 Å². The Morgan fingerprint density at radius 2 is 2.29 bits per heavy atom. The molecule has 3 nitrogen and oxygen atoms in total. The molecule has 3 rings (SSSR count). The summed E-state index contributed by atoms with van der Waals surface area (Å²) in [4.78, 5) is 0. The third-order valence-corrected chi connectivity index (χ3v) is 3.25. The van der Waals surface area contributed by atoms with E-state index in [2.05, 4.69) is 35.5 Å². The molecule has 1 heterocycles. The Morgan fingerprint density at radius 3 is 2.94 bits per heavy atom. The van der Waals surface area contributed by atoms with Crippen molar-refractivity contribution in [3.05, 3.63) is 47.8 Å². The number of nitrogens with one attached hydrogen (secondary N) is 1. The normalized spacial score (nSPS) is 15.1. The predicted octanol–water partition coefficient (Wildman–Crippen LogP) is 2.43. The number of hydrogen-bond acceptors (Lipinski definition) is 2. The minimum absolute atomic E-state index is 0.764. The van der Waals surface area contributed by atoms with Gasteiger partial charge in [-0.05, 0) is 49.1 Å². The van der Waals surface area contributed by atoms with E-state index in [1.165, 1.54) is 24.0 Å². The zero-order valence-electron chi connectivity index (χ0n) is 10.1. The molecule has 0 radical (unpaired) electrons. The monoisotopic (exact) mass is 227 g/mol. The van der Waals surface area contributed by atoms with Crippen LogP contribution >= 0.6 is 0 Å². The minimum atomic E-state index is 0.764. The summed E-state index contributed by atoms with van der Waals surface area (Å²) in [5, 5.41) is 7.79. The molecule has 0 unspecified atom stereocenters. The highest BCUT2D eigenvalue weighted by Gasteiger charge is 2.20. The molecule has 1 aromatic heterocycles. The van der Waals surface area contributed by atoms with E-state index in [0.29, 0.717) is 0 Å². The van der Waals surface area contributed by atoms with Gasteiger partial charge < -0.3 is 5.32 Å². The molecule has 0 bridgehead atoms. The second-order valence-corrected chi connectivity index (χ2v) is 4.72. The molecule has 0 amide bonds. The summed E-state index contributed by atoms with van der Waals surface area (Å²) >= 11 is 0. The molecule has 1 saturated carbocycles. The van der Waals surface area contributed by atoms with Crippen molar-refractivity contribution in [2.45, 2.75) is 32.4 Å². The van der Waals surface area contributed by atoms with Gasteiger partial charge in [0.1, 0.15) is 0 Å². The highest BCUT2D eigenvalue weighted by Crippen LogP contribution is 2.20. The fourth-order valence-electron chi connectivity index (χ4n) is 1.98. The summed E-state index contributed by atoms with van der Waals surface area (Å²) in [5.74, 6) is 0. The van der Waals surface area contributed by atoms with E-state index in [0.717, 1.165) is 18.3 Å². The zero-order valence-corrected chi connectivity index (χ0v) is 10.1. The smallest absolute Gasteiger partial charge is 0.0648 e. The highest BCUT2D eigenvalue weighted by molar-refractivity contribution is 5.39. The summed E-state index contributed by atoms with van der Waals surface area (Å²) in [6.07, 6.45) is 6.45. The molecule has 0 aliphatic heterocycles. The molecular formula is C14H17N3. The molecular weight excluding hydrogens is 210 g/mol. The van der Waals surface area contributed by atoms with Crippen molar-refractivity contribution in [1.29, 1.82) is 0 Å². The van der Waals surface area contributed by atoms with Gasteiger partial charge in [0.2, 0.25) is 0 Å². The van der Waals surface area contributed by atoms with Crippen molar-refractivity contribution in [3.8, 4) is 5.69 Å². The summed E-state index contributed by atoms with van der Waals surface area (Å²) in [5.41, 5.74) is 3.83. The van der Waals surface area contributed by atoms with E-state index >= 15 is 0 Å². The lowest BCUT2D eigenvalue weighted by Crippen LogP contribution is -2.16. The van der Waals surface area contributed by atoms with Crippen LogP contribution in [-0.2, 0) is 6.54 Å². The number of aryl methyl sites for hydroxylation is 1. The average molecular weight is 227 g/mol. The Hall–Kier alpha value is -1.61. The number of aromatic nitrogens is 2. The molecule has 0 saturated heterocycles. The topological polar surface area (TPSA) is 29.9 Å². The van der Waals surface area contributed by atoms with Crippen LogP contribution in [0, 0.1) is 6.92 Å². The Bertz CT molecular complexity index is 498. The van der Waals surface area contributed by atoms with E-state index < -0.39 is 0 Å². The predicted molar refractivity (Wildman–Crippen MR) is 68.2 cm³/mol. The molecule has 88 valence electrons. The summed E-state index contributed by atoms with van der Waals surface area (Å²) in [6.45, 7) is 3.15. The van der Waals surface area contributed by atoms with Crippen molar-refractivity contribution in [2.75, 3.05) is 0 Å². The fourth-order valence-corrected chi connectivity index (χ4v) is 1.98. The molecule has 17 heavy (non-hydrogen) atoms. The van der Waals surface area contributed by atoms with E-state index in [1.807, 2.05) is 16.9 Å². The first kappa shape index (κ1) is 10.5. The van der Waals surface area contributed by atoms with Gasteiger partial charge in [0.05, 0.1) is 5.69 Å². The molecule has 1 aliphatic rings. The molecule has 1 aromatic carbocycles. The summed E-state index contributed by atoms with van der Waals surface area (Å²) in [6, 6.07) is 9.22. The van der Waals surface area contributed by atoms with Crippen LogP contribution in [0.4, 0.5) is 0 Å². The van der Waals surface area contributed by atoms with Crippen LogP contribution in [0.25, 0.3) is 5.69 Å². The lowest BCUT2D eigenvalue weighted by atomic mass is 10.1. The fraction of sp³-hybridized carbons (Fsp3) is 0.357. The van der Waals surface area contributed by atoms with Gasteiger partial charge in [-0.3, -0.25) is 0 Å². The number of benzene rings is 1. The van der Waals surface area contributed by atoms with E-state index in [1.54, 1.807) is 6.20 Å². The Morgan fingerprint density at radius 1 is 1.41 bits per heavy atom. The molecule has 1 N–H and O–H groups in total. The molecule has 3 heteroatoms. The van der Waals surface area contributed by atoms with Crippen LogP contribution in [0.15, 0.2) is 36.7 Å². The third-order valence-electron chi connectivity index (χ3n) is 3.25. The first-order chi connectivity index (χ1) is 8.33. The van der Waals surface area contributed by atoms with Gasteiger partial charge in [-0.25, -0.2) is 4.68 Å². The molecule has 2 aromatic rings. The highest BCUT2D eigenvalue weighted by atomic mass is 15.3. The first-order valence-electron chi connectivity index (χ1n) is 6.16. The zero-order chi connectivity index (χ0) is 11.7. The van der Waals surface area contributed by atoms with Crippen molar-refractivity contribution in [3.63, 3.8) is 0 Å². The van der Waals surface area contributed by atoms with Gasteiger partial charge in [0, 0.05) is 25.0 Å². The molecule has 1 aliphatic carbocycles. The quantitative estimate of drug-likeness (QED) is 0.869. The Kier molecular flexibility index (Phi) is 2.69. The van der Waals surface area contributed by atoms with E-state index in [9.17, 15) is 0 Å². The second-order valence-electron chi connectivity index (χ2n) is 4.72. The van der Waals surface area contributed by atoms with Gasteiger partial charge in [0.15, 0.2) is 0 Å². The van der Waals surface area contributed by atoms with E-state index in [4.69, 9.17) is 0 Å². The van der Waals surface area contributed by atoms with Crippen LogP contribution in [0.5, 0.6) is 0 Å². The summed E-state index contributed by atoms with van der Waals surface area (Å²) < 4.78 is 1.89. The number of rotatable bonds is 4. The van der Waals surface area contributed by atoms with Crippen LogP contribution < -0.4 is 5.32 Å². The second kappa shape index (κ2) is 4.34. The minimum Gasteiger partial charge on any atom is -0.310 e. The van der Waals surface area contributed by atoms with Crippen LogP contribution in [0.1, 0.15) is 24.0 Å². The largest absolute Gasteiger partial charge is 0.310 e. The summed E-state index contributed by atoms with van der Waals surface area (Å²) in [7, 11) is 0. The number of hydrogen-bond donors (Lipinski definition) is 1. The Labute approximate surface area is 101 Å². The van der Waals surface area contributed by atoms with Crippen LogP contribution in [-0.4, -0.2) is 15.8 Å². The van der Waals surface area contributed by atoms with Crippen molar-refractivity contribution < 1.29 is 0 Å². The average Bonchev–Trinajstić information content (AvgIpc) is 3.00.